The molecule has 1 aromatic rings. The molecule has 3 rings (SSSR count). The highest BCUT2D eigenvalue weighted by molar-refractivity contribution is 5.97. The molecule has 1 aromatic carbocycles. The summed E-state index contributed by atoms with van der Waals surface area (Å²) in [6.45, 7) is 18.3. The van der Waals surface area contributed by atoms with Crippen LogP contribution in [0.15, 0.2) is 95.5 Å². The number of carbonyl (C=O) groups is 1. The van der Waals surface area contributed by atoms with E-state index in [0.717, 1.165) is 30.8 Å². The maximum Gasteiger partial charge on any atom is 0.254 e. The SMILES string of the molecule is C=C1C=C(C(=O)N2CCCC(N)C2)C=CN1/C(C)=C(C)/C(C)=C/C=C(\C)c1ccccc1.CCC. The lowest BCUT2D eigenvalue weighted by molar-refractivity contribution is -0.127. The molecule has 0 saturated carbocycles. The zero-order valence-electron chi connectivity index (χ0n) is 22.5. The van der Waals surface area contributed by atoms with Gasteiger partial charge in [0.25, 0.3) is 5.91 Å². The van der Waals surface area contributed by atoms with Gasteiger partial charge in [0.15, 0.2) is 0 Å². The normalized spacial score (nSPS) is 19.6. The molecule has 2 aliphatic rings. The first-order valence-electron chi connectivity index (χ1n) is 12.7. The lowest BCUT2D eigenvalue weighted by Gasteiger charge is -2.32. The van der Waals surface area contributed by atoms with Crippen LogP contribution in [-0.4, -0.2) is 34.8 Å². The lowest BCUT2D eigenvalue weighted by Crippen LogP contribution is -2.46. The average Bonchev–Trinajstić information content (AvgIpc) is 2.86. The van der Waals surface area contributed by atoms with Gasteiger partial charge >= 0.3 is 0 Å². The number of piperidine rings is 1. The number of hydrogen-bond acceptors (Lipinski definition) is 3. The van der Waals surface area contributed by atoms with Crippen molar-refractivity contribution in [2.75, 3.05) is 13.1 Å². The Kier molecular flexibility index (Phi) is 11.0. The molecule has 0 bridgehead atoms. The zero-order valence-corrected chi connectivity index (χ0v) is 22.5. The Balaban J connectivity index is 0.00000137. The minimum absolute atomic E-state index is 0.0353. The van der Waals surface area contributed by atoms with Crippen LogP contribution in [0.25, 0.3) is 5.57 Å². The van der Waals surface area contributed by atoms with Crippen molar-refractivity contribution in [2.45, 2.75) is 66.8 Å². The summed E-state index contributed by atoms with van der Waals surface area (Å²) in [6, 6.07) is 10.4. The van der Waals surface area contributed by atoms with E-state index in [1.807, 2.05) is 34.2 Å². The summed E-state index contributed by atoms with van der Waals surface area (Å²) in [7, 11) is 0. The Labute approximate surface area is 212 Å². The topological polar surface area (TPSA) is 49.6 Å². The van der Waals surface area contributed by atoms with E-state index in [-0.39, 0.29) is 11.9 Å². The first-order chi connectivity index (χ1) is 16.7. The number of allylic oxidation sites excluding steroid dienone is 7. The first-order valence-corrected chi connectivity index (χ1v) is 12.7. The van der Waals surface area contributed by atoms with Gasteiger partial charge in [-0.1, -0.05) is 69.3 Å². The van der Waals surface area contributed by atoms with Crippen molar-refractivity contribution >= 4 is 11.5 Å². The molecule has 0 aromatic heterocycles. The summed E-state index contributed by atoms with van der Waals surface area (Å²) in [4.78, 5) is 16.8. The maximum atomic E-state index is 12.9. The van der Waals surface area contributed by atoms with E-state index in [0.29, 0.717) is 12.1 Å². The molecule has 35 heavy (non-hydrogen) atoms. The van der Waals surface area contributed by atoms with Crippen LogP contribution >= 0.6 is 0 Å². The van der Waals surface area contributed by atoms with Gasteiger partial charge in [-0.05, 0) is 75.0 Å². The number of benzene rings is 1. The summed E-state index contributed by atoms with van der Waals surface area (Å²) in [6.07, 6.45) is 13.2. The lowest BCUT2D eigenvalue weighted by atomic mass is 10.0. The fourth-order valence-corrected chi connectivity index (χ4v) is 4.02. The van der Waals surface area contributed by atoms with Crippen LogP contribution < -0.4 is 5.73 Å². The monoisotopic (exact) mass is 473 g/mol. The molecule has 1 atom stereocenters. The molecular weight excluding hydrogens is 430 g/mol. The summed E-state index contributed by atoms with van der Waals surface area (Å²) in [5.74, 6) is 0.0353. The molecule has 0 aliphatic carbocycles. The second kappa shape index (κ2) is 13.7. The summed E-state index contributed by atoms with van der Waals surface area (Å²) >= 11 is 0. The van der Waals surface area contributed by atoms with E-state index in [1.54, 1.807) is 0 Å². The van der Waals surface area contributed by atoms with E-state index >= 15 is 0 Å². The number of amides is 1. The number of likely N-dealkylation sites (tertiary alicyclic amines) is 1. The number of carbonyl (C=O) groups excluding carboxylic acids is 1. The zero-order chi connectivity index (χ0) is 26.0. The highest BCUT2D eigenvalue weighted by Gasteiger charge is 2.25. The van der Waals surface area contributed by atoms with Gasteiger partial charge < -0.3 is 15.5 Å². The van der Waals surface area contributed by atoms with Gasteiger partial charge in [0.05, 0.1) is 0 Å². The number of rotatable bonds is 5. The smallest absolute Gasteiger partial charge is 0.254 e. The molecule has 1 unspecified atom stereocenters. The third kappa shape index (κ3) is 7.97. The van der Waals surface area contributed by atoms with E-state index in [2.05, 4.69) is 84.5 Å². The van der Waals surface area contributed by atoms with Gasteiger partial charge in [0, 0.05) is 42.3 Å². The van der Waals surface area contributed by atoms with Crippen LogP contribution in [0, 0.1) is 0 Å². The largest absolute Gasteiger partial charge is 0.337 e. The highest BCUT2D eigenvalue weighted by atomic mass is 16.2. The Morgan fingerprint density at radius 3 is 2.37 bits per heavy atom. The van der Waals surface area contributed by atoms with Crippen LogP contribution in [0.2, 0.25) is 0 Å². The molecule has 0 spiro atoms. The Morgan fingerprint density at radius 1 is 1.11 bits per heavy atom. The predicted molar refractivity (Wildman–Crippen MR) is 150 cm³/mol. The van der Waals surface area contributed by atoms with Gasteiger partial charge in [-0.3, -0.25) is 4.79 Å². The molecule has 1 fully saturated rings. The van der Waals surface area contributed by atoms with Crippen molar-refractivity contribution in [2.24, 2.45) is 5.73 Å². The van der Waals surface area contributed by atoms with Crippen molar-refractivity contribution in [3.63, 3.8) is 0 Å². The van der Waals surface area contributed by atoms with Crippen LogP contribution in [0.4, 0.5) is 0 Å². The minimum atomic E-state index is 0.0353. The molecule has 2 N–H and O–H groups in total. The second-order valence-corrected chi connectivity index (χ2v) is 9.41. The first kappa shape index (κ1) is 28.1. The van der Waals surface area contributed by atoms with E-state index in [9.17, 15) is 4.79 Å². The Morgan fingerprint density at radius 2 is 1.77 bits per heavy atom. The van der Waals surface area contributed by atoms with Crippen LogP contribution in [0.5, 0.6) is 0 Å². The molecule has 2 heterocycles. The van der Waals surface area contributed by atoms with Crippen molar-refractivity contribution in [3.05, 3.63) is 101 Å². The molecule has 1 saturated heterocycles. The molecule has 1 amide bonds. The van der Waals surface area contributed by atoms with Gasteiger partial charge in [-0.15, -0.1) is 0 Å². The highest BCUT2D eigenvalue weighted by Crippen LogP contribution is 2.27. The quantitative estimate of drug-likeness (QED) is 0.470. The van der Waals surface area contributed by atoms with Crippen LogP contribution in [-0.2, 0) is 4.79 Å². The third-order valence-electron chi connectivity index (χ3n) is 6.33. The van der Waals surface area contributed by atoms with Crippen LogP contribution in [0.3, 0.4) is 0 Å². The Hall–Kier alpha value is -3.11. The average molecular weight is 474 g/mol. The molecule has 4 nitrogen and oxygen atoms in total. The maximum absolute atomic E-state index is 12.9. The van der Waals surface area contributed by atoms with Gasteiger partial charge in [-0.2, -0.15) is 0 Å². The van der Waals surface area contributed by atoms with E-state index < -0.39 is 0 Å². The summed E-state index contributed by atoms with van der Waals surface area (Å²) in [5.41, 5.74) is 13.4. The Bertz CT molecular complexity index is 1040. The minimum Gasteiger partial charge on any atom is -0.337 e. The molecule has 2 aliphatic heterocycles. The van der Waals surface area contributed by atoms with Gasteiger partial charge in [0.1, 0.15) is 0 Å². The van der Waals surface area contributed by atoms with Crippen molar-refractivity contribution in [1.82, 2.24) is 9.80 Å². The second-order valence-electron chi connectivity index (χ2n) is 9.41. The molecule has 0 radical (unpaired) electrons. The number of hydrogen-bond donors (Lipinski definition) is 1. The third-order valence-corrected chi connectivity index (χ3v) is 6.33. The van der Waals surface area contributed by atoms with E-state index in [4.69, 9.17) is 5.73 Å². The molecule has 188 valence electrons. The van der Waals surface area contributed by atoms with Crippen LogP contribution in [0.1, 0.15) is 66.4 Å². The molecular formula is C31H43N3O. The van der Waals surface area contributed by atoms with Crippen molar-refractivity contribution < 1.29 is 4.79 Å². The van der Waals surface area contributed by atoms with Crippen molar-refractivity contribution in [3.8, 4) is 0 Å². The number of nitrogens with zero attached hydrogens (tertiary/aromatic N) is 2. The standard InChI is InChI=1S/C28H35N3O.C3H8/c1-20(13-14-21(2)25-10-7-6-8-11-25)23(4)24(5)31-17-15-26(18-22(31)3)28(32)30-16-9-12-27(29)19-30;1-3-2/h6-8,10-11,13-15,17-18,27H,3,9,12,16,19,29H2,1-2,4-5H3;3H2,1-2H3/b20-13+,21-14+,24-23+;. The predicted octanol–water partition coefficient (Wildman–Crippen LogP) is 6.97. The van der Waals surface area contributed by atoms with Gasteiger partial charge in [0.2, 0.25) is 0 Å². The fourth-order valence-electron chi connectivity index (χ4n) is 4.02. The van der Waals surface area contributed by atoms with Gasteiger partial charge in [-0.25, -0.2) is 0 Å². The van der Waals surface area contributed by atoms with E-state index in [1.165, 1.54) is 28.7 Å². The fraction of sp³-hybridized carbons (Fsp3) is 0.387. The summed E-state index contributed by atoms with van der Waals surface area (Å²) < 4.78 is 0. The summed E-state index contributed by atoms with van der Waals surface area (Å²) in [5, 5.41) is 0. The van der Waals surface area contributed by atoms with Crippen molar-refractivity contribution in [1.29, 1.82) is 0 Å². The molecule has 4 heteroatoms. The number of nitrogens with two attached hydrogens (primary N) is 1.